The molecular formula is C18H19NO3S. The first kappa shape index (κ1) is 17.1. The third-order valence-corrected chi connectivity index (χ3v) is 4.05. The second-order valence-electron chi connectivity index (χ2n) is 5.09. The molecule has 1 N–H and O–H groups in total. The van der Waals surface area contributed by atoms with Crippen molar-refractivity contribution in [2.75, 3.05) is 11.1 Å². The number of carbonyl (C=O) groups is 2. The van der Waals surface area contributed by atoms with Crippen LogP contribution in [-0.4, -0.2) is 23.7 Å². The Morgan fingerprint density at radius 3 is 2.57 bits per heavy atom. The molecule has 2 rings (SSSR count). The normalized spacial score (nSPS) is 11.6. The predicted octanol–water partition coefficient (Wildman–Crippen LogP) is 3.66. The molecule has 0 aromatic heterocycles. The molecule has 0 radical (unpaired) electrons. The van der Waals surface area contributed by atoms with Gasteiger partial charge in [-0.2, -0.15) is 0 Å². The monoisotopic (exact) mass is 329 g/mol. The first-order chi connectivity index (χ1) is 11.0. The highest BCUT2D eigenvalue weighted by molar-refractivity contribution is 8.00. The Kier molecular flexibility index (Phi) is 6.23. The van der Waals surface area contributed by atoms with Crippen molar-refractivity contribution in [1.29, 1.82) is 0 Å². The molecule has 0 saturated carbocycles. The molecule has 4 nitrogen and oxygen atoms in total. The Bertz CT molecular complexity index is 673. The molecule has 0 aliphatic rings. The molecule has 2 aromatic rings. The SMILES string of the molecule is Cc1cccc(NC(=O)C(C)OC(=O)CSc2ccccc2)c1. The van der Waals surface area contributed by atoms with Gasteiger partial charge < -0.3 is 10.1 Å². The number of benzene rings is 2. The van der Waals surface area contributed by atoms with Crippen molar-refractivity contribution in [2.24, 2.45) is 0 Å². The zero-order valence-electron chi connectivity index (χ0n) is 13.1. The van der Waals surface area contributed by atoms with Crippen molar-refractivity contribution in [1.82, 2.24) is 0 Å². The number of amides is 1. The molecule has 1 atom stereocenters. The highest BCUT2D eigenvalue weighted by Gasteiger charge is 2.18. The van der Waals surface area contributed by atoms with Gasteiger partial charge in [0.25, 0.3) is 5.91 Å². The minimum atomic E-state index is -0.834. The quantitative estimate of drug-likeness (QED) is 0.649. The Hall–Kier alpha value is -2.27. The molecule has 1 amide bonds. The summed E-state index contributed by atoms with van der Waals surface area (Å²) in [5.41, 5.74) is 1.74. The van der Waals surface area contributed by atoms with Crippen molar-refractivity contribution in [3.8, 4) is 0 Å². The summed E-state index contributed by atoms with van der Waals surface area (Å²) in [6.45, 7) is 3.51. The van der Waals surface area contributed by atoms with Crippen molar-refractivity contribution in [2.45, 2.75) is 24.8 Å². The van der Waals surface area contributed by atoms with Crippen molar-refractivity contribution >= 4 is 29.3 Å². The highest BCUT2D eigenvalue weighted by Crippen LogP contribution is 2.17. The molecule has 0 bridgehead atoms. The van der Waals surface area contributed by atoms with Crippen LogP contribution in [0.5, 0.6) is 0 Å². The highest BCUT2D eigenvalue weighted by atomic mass is 32.2. The maximum Gasteiger partial charge on any atom is 0.317 e. The molecule has 5 heteroatoms. The zero-order chi connectivity index (χ0) is 16.7. The van der Waals surface area contributed by atoms with Gasteiger partial charge in [-0.15, -0.1) is 11.8 Å². The Balaban J connectivity index is 1.79. The number of carbonyl (C=O) groups excluding carboxylic acids is 2. The van der Waals surface area contributed by atoms with E-state index in [1.54, 1.807) is 13.0 Å². The van der Waals surface area contributed by atoms with Crippen LogP contribution in [0.1, 0.15) is 12.5 Å². The number of hydrogen-bond acceptors (Lipinski definition) is 4. The maximum absolute atomic E-state index is 12.0. The van der Waals surface area contributed by atoms with E-state index in [0.29, 0.717) is 5.69 Å². The number of esters is 1. The molecule has 0 aliphatic carbocycles. The number of thioether (sulfide) groups is 1. The number of nitrogens with one attached hydrogen (secondary N) is 1. The predicted molar refractivity (Wildman–Crippen MR) is 92.5 cm³/mol. The van der Waals surface area contributed by atoms with Gasteiger partial charge in [0.15, 0.2) is 6.10 Å². The van der Waals surface area contributed by atoms with Crippen LogP contribution in [0, 0.1) is 6.92 Å². The second kappa shape index (κ2) is 8.39. The number of hydrogen-bond donors (Lipinski definition) is 1. The summed E-state index contributed by atoms with van der Waals surface area (Å²) < 4.78 is 5.16. The fourth-order valence-corrected chi connectivity index (χ4v) is 2.61. The van der Waals surface area contributed by atoms with E-state index in [-0.39, 0.29) is 11.7 Å². The topological polar surface area (TPSA) is 55.4 Å². The van der Waals surface area contributed by atoms with E-state index in [1.165, 1.54) is 11.8 Å². The Labute approximate surface area is 140 Å². The first-order valence-electron chi connectivity index (χ1n) is 7.29. The number of anilines is 1. The summed E-state index contributed by atoms with van der Waals surface area (Å²) >= 11 is 1.38. The fourth-order valence-electron chi connectivity index (χ4n) is 1.91. The van der Waals surface area contributed by atoms with Crippen molar-refractivity contribution in [3.05, 3.63) is 60.2 Å². The minimum Gasteiger partial charge on any atom is -0.452 e. The van der Waals surface area contributed by atoms with Gasteiger partial charge in [-0.05, 0) is 43.7 Å². The maximum atomic E-state index is 12.0. The third kappa shape index (κ3) is 5.79. The van der Waals surface area contributed by atoms with E-state index in [1.807, 2.05) is 55.5 Å². The smallest absolute Gasteiger partial charge is 0.317 e. The first-order valence-corrected chi connectivity index (χ1v) is 8.28. The molecule has 2 aromatic carbocycles. The summed E-state index contributed by atoms with van der Waals surface area (Å²) in [7, 11) is 0. The molecular weight excluding hydrogens is 310 g/mol. The molecule has 1 unspecified atom stereocenters. The number of ether oxygens (including phenoxy) is 1. The third-order valence-electron chi connectivity index (χ3n) is 3.06. The summed E-state index contributed by atoms with van der Waals surface area (Å²) in [4.78, 5) is 24.8. The van der Waals surface area contributed by atoms with Crippen LogP contribution in [-0.2, 0) is 14.3 Å². The molecule has 23 heavy (non-hydrogen) atoms. The molecule has 0 aliphatic heterocycles. The van der Waals surface area contributed by atoms with Crippen LogP contribution < -0.4 is 5.32 Å². The van der Waals surface area contributed by atoms with Gasteiger partial charge in [0.1, 0.15) is 0 Å². The van der Waals surface area contributed by atoms with Crippen LogP contribution in [0.4, 0.5) is 5.69 Å². The van der Waals surface area contributed by atoms with Crippen molar-refractivity contribution < 1.29 is 14.3 Å². The minimum absolute atomic E-state index is 0.173. The van der Waals surface area contributed by atoms with Gasteiger partial charge in [-0.1, -0.05) is 30.3 Å². The van der Waals surface area contributed by atoms with Crippen LogP contribution >= 0.6 is 11.8 Å². The summed E-state index contributed by atoms with van der Waals surface area (Å²) in [5.74, 6) is -0.578. The lowest BCUT2D eigenvalue weighted by Crippen LogP contribution is -2.30. The van der Waals surface area contributed by atoms with Gasteiger partial charge in [-0.25, -0.2) is 0 Å². The van der Waals surface area contributed by atoms with Crippen LogP contribution in [0.15, 0.2) is 59.5 Å². The summed E-state index contributed by atoms with van der Waals surface area (Å²) in [6, 6.07) is 17.0. The Morgan fingerprint density at radius 2 is 1.87 bits per heavy atom. The van der Waals surface area contributed by atoms with Gasteiger partial charge >= 0.3 is 5.97 Å². The second-order valence-corrected chi connectivity index (χ2v) is 6.14. The van der Waals surface area contributed by atoms with Crippen LogP contribution in [0.25, 0.3) is 0 Å². The lowest BCUT2D eigenvalue weighted by atomic mass is 10.2. The molecule has 0 saturated heterocycles. The fraction of sp³-hybridized carbons (Fsp3) is 0.222. The van der Waals surface area contributed by atoms with E-state index in [4.69, 9.17) is 4.74 Å². The average molecular weight is 329 g/mol. The van der Waals surface area contributed by atoms with Crippen LogP contribution in [0.2, 0.25) is 0 Å². The molecule has 0 heterocycles. The Morgan fingerprint density at radius 1 is 1.13 bits per heavy atom. The summed E-state index contributed by atoms with van der Waals surface area (Å²) in [5, 5.41) is 2.74. The van der Waals surface area contributed by atoms with Crippen LogP contribution in [0.3, 0.4) is 0 Å². The van der Waals surface area contributed by atoms with Gasteiger partial charge in [0, 0.05) is 10.6 Å². The largest absolute Gasteiger partial charge is 0.452 e. The van der Waals surface area contributed by atoms with E-state index < -0.39 is 12.1 Å². The van der Waals surface area contributed by atoms with E-state index in [2.05, 4.69) is 5.32 Å². The van der Waals surface area contributed by atoms with Gasteiger partial charge in [-0.3, -0.25) is 9.59 Å². The van der Waals surface area contributed by atoms with Gasteiger partial charge in [0.2, 0.25) is 0 Å². The van der Waals surface area contributed by atoms with E-state index >= 15 is 0 Å². The lowest BCUT2D eigenvalue weighted by molar-refractivity contribution is -0.150. The van der Waals surface area contributed by atoms with Crippen molar-refractivity contribution in [3.63, 3.8) is 0 Å². The summed E-state index contributed by atoms with van der Waals surface area (Å²) in [6.07, 6.45) is -0.834. The van der Waals surface area contributed by atoms with E-state index in [9.17, 15) is 9.59 Å². The van der Waals surface area contributed by atoms with Gasteiger partial charge in [0.05, 0.1) is 5.75 Å². The lowest BCUT2D eigenvalue weighted by Gasteiger charge is -2.13. The van der Waals surface area contributed by atoms with E-state index in [0.717, 1.165) is 10.5 Å². The molecule has 0 spiro atoms. The molecule has 0 fully saturated rings. The molecule has 120 valence electrons. The zero-order valence-corrected chi connectivity index (χ0v) is 13.9. The standard InChI is InChI=1S/C18H19NO3S/c1-13-7-6-8-15(11-13)19-18(21)14(2)22-17(20)12-23-16-9-4-3-5-10-16/h3-11,14H,12H2,1-2H3,(H,19,21). The average Bonchev–Trinajstić information content (AvgIpc) is 2.54. The number of rotatable bonds is 6. The number of aryl methyl sites for hydroxylation is 1.